The molecule has 1 aliphatic heterocycles. The molecule has 1 aromatic rings. The Hall–Kier alpha value is -1.55. The van der Waals surface area contributed by atoms with E-state index in [9.17, 15) is 4.79 Å². The van der Waals surface area contributed by atoms with Crippen molar-refractivity contribution < 1.29 is 9.53 Å². The van der Waals surface area contributed by atoms with Crippen LogP contribution in [-0.4, -0.2) is 26.2 Å². The van der Waals surface area contributed by atoms with Gasteiger partial charge in [0, 0.05) is 12.1 Å². The monoisotopic (exact) mass is 193 g/mol. The number of rotatable bonds is 2. The standard InChI is InChI=1S/C10H12N2O2/c1-14-9-4-2-8(3-5-9)12(6-7-12)10(11)13/h2-5H,6-7H2,1H3,(H-,11,13)/p+1. The molecule has 2 amide bonds. The molecule has 0 unspecified atom stereocenters. The third kappa shape index (κ3) is 1.24. The van der Waals surface area contributed by atoms with Gasteiger partial charge < -0.3 is 10.5 Å². The molecular formula is C10H13N2O2+. The predicted octanol–water partition coefficient (Wildman–Crippen LogP) is 1.09. The Morgan fingerprint density at radius 1 is 1.36 bits per heavy atom. The van der Waals surface area contributed by atoms with Crippen molar-refractivity contribution in [3.05, 3.63) is 24.3 Å². The fraction of sp³-hybridized carbons (Fsp3) is 0.300. The topological polar surface area (TPSA) is 52.3 Å². The number of carbonyl (C=O) groups is 1. The minimum atomic E-state index is -0.282. The van der Waals surface area contributed by atoms with Crippen molar-refractivity contribution >= 4 is 11.7 Å². The van der Waals surface area contributed by atoms with Crippen LogP contribution in [0.5, 0.6) is 5.75 Å². The summed E-state index contributed by atoms with van der Waals surface area (Å²) in [5, 5.41) is 0. The Morgan fingerprint density at radius 3 is 2.29 bits per heavy atom. The van der Waals surface area contributed by atoms with Gasteiger partial charge in [-0.05, 0) is 12.1 Å². The zero-order chi connectivity index (χ0) is 10.2. The maximum absolute atomic E-state index is 11.2. The van der Waals surface area contributed by atoms with Crippen LogP contribution in [0.2, 0.25) is 0 Å². The van der Waals surface area contributed by atoms with E-state index in [2.05, 4.69) is 0 Å². The second-order valence-electron chi connectivity index (χ2n) is 3.45. The number of ether oxygens (including phenoxy) is 1. The first-order valence-electron chi connectivity index (χ1n) is 4.51. The highest BCUT2D eigenvalue weighted by molar-refractivity contribution is 5.89. The first-order chi connectivity index (χ1) is 6.69. The molecule has 1 saturated heterocycles. The van der Waals surface area contributed by atoms with Gasteiger partial charge in [-0.1, -0.05) is 0 Å². The fourth-order valence-electron chi connectivity index (χ4n) is 1.57. The lowest BCUT2D eigenvalue weighted by molar-refractivity contribution is 0.238. The van der Waals surface area contributed by atoms with Crippen molar-refractivity contribution in [2.75, 3.05) is 20.2 Å². The van der Waals surface area contributed by atoms with E-state index >= 15 is 0 Å². The Bertz CT molecular complexity index is 355. The SMILES string of the molecule is COc1ccc([N+]2(C(N)=O)CC2)cc1. The Kier molecular flexibility index (Phi) is 1.93. The van der Waals surface area contributed by atoms with Gasteiger partial charge in [0.05, 0.1) is 7.11 Å². The van der Waals surface area contributed by atoms with Gasteiger partial charge in [-0.25, -0.2) is 4.79 Å². The Morgan fingerprint density at radius 2 is 1.93 bits per heavy atom. The largest absolute Gasteiger partial charge is 0.497 e. The van der Waals surface area contributed by atoms with E-state index in [1.165, 1.54) is 0 Å². The third-order valence-corrected chi connectivity index (χ3v) is 2.66. The molecular weight excluding hydrogens is 180 g/mol. The lowest BCUT2D eigenvalue weighted by atomic mass is 10.3. The van der Waals surface area contributed by atoms with Crippen LogP contribution in [0, 0.1) is 0 Å². The number of urea groups is 1. The summed E-state index contributed by atoms with van der Waals surface area (Å²) in [4.78, 5) is 11.2. The highest BCUT2D eigenvalue weighted by Crippen LogP contribution is 2.32. The zero-order valence-electron chi connectivity index (χ0n) is 8.06. The maximum atomic E-state index is 11.2. The average Bonchev–Trinajstić information content (AvgIpc) is 2.99. The number of hydrogen-bond acceptors (Lipinski definition) is 2. The van der Waals surface area contributed by atoms with E-state index in [-0.39, 0.29) is 10.5 Å². The summed E-state index contributed by atoms with van der Waals surface area (Å²) in [6.07, 6.45) is 0. The van der Waals surface area contributed by atoms with E-state index in [1.54, 1.807) is 7.11 Å². The van der Waals surface area contributed by atoms with Crippen LogP contribution in [0.15, 0.2) is 24.3 Å². The van der Waals surface area contributed by atoms with Crippen molar-refractivity contribution in [3.63, 3.8) is 0 Å². The molecule has 0 aromatic heterocycles. The molecule has 74 valence electrons. The molecule has 1 heterocycles. The summed E-state index contributed by atoms with van der Waals surface area (Å²) in [7, 11) is 1.62. The van der Waals surface area contributed by atoms with Crippen LogP contribution in [-0.2, 0) is 0 Å². The minimum Gasteiger partial charge on any atom is -0.497 e. The summed E-state index contributed by atoms with van der Waals surface area (Å²) in [6, 6.07) is 7.18. The normalized spacial score (nSPS) is 17.5. The number of primary amides is 1. The van der Waals surface area contributed by atoms with Gasteiger partial charge in [0.2, 0.25) is 0 Å². The molecule has 2 N–H and O–H groups in total. The van der Waals surface area contributed by atoms with Gasteiger partial charge in [-0.3, -0.25) is 0 Å². The summed E-state index contributed by atoms with van der Waals surface area (Å²) in [5.74, 6) is 0.790. The number of nitrogens with zero attached hydrogens (tertiary/aromatic N) is 1. The van der Waals surface area contributed by atoms with Gasteiger partial charge in [0.15, 0.2) is 0 Å². The van der Waals surface area contributed by atoms with Crippen molar-refractivity contribution in [1.82, 2.24) is 4.48 Å². The second kappa shape index (κ2) is 2.99. The quantitative estimate of drug-likeness (QED) is 0.564. The number of nitrogens with two attached hydrogens (primary N) is 1. The number of benzene rings is 1. The minimum absolute atomic E-state index is 0.282. The van der Waals surface area contributed by atoms with Crippen molar-refractivity contribution in [2.45, 2.75) is 0 Å². The molecule has 1 aromatic carbocycles. The van der Waals surface area contributed by atoms with E-state index in [0.29, 0.717) is 0 Å². The first kappa shape index (κ1) is 9.02. The fourth-order valence-corrected chi connectivity index (χ4v) is 1.57. The number of carbonyl (C=O) groups excluding carboxylic acids is 1. The first-order valence-corrected chi connectivity index (χ1v) is 4.51. The van der Waals surface area contributed by atoms with Gasteiger partial charge in [0.25, 0.3) is 0 Å². The number of amides is 2. The molecule has 0 atom stereocenters. The molecule has 0 saturated carbocycles. The second-order valence-corrected chi connectivity index (χ2v) is 3.45. The molecule has 4 nitrogen and oxygen atoms in total. The van der Waals surface area contributed by atoms with Crippen LogP contribution in [0.3, 0.4) is 0 Å². The van der Waals surface area contributed by atoms with E-state index in [0.717, 1.165) is 24.5 Å². The Balaban J connectivity index is 2.29. The highest BCUT2D eigenvalue weighted by Gasteiger charge is 2.50. The molecule has 4 heteroatoms. The zero-order valence-corrected chi connectivity index (χ0v) is 8.06. The van der Waals surface area contributed by atoms with Gasteiger partial charge in [0.1, 0.15) is 24.5 Å². The predicted molar refractivity (Wildman–Crippen MR) is 54.1 cm³/mol. The average molecular weight is 193 g/mol. The van der Waals surface area contributed by atoms with E-state index in [1.807, 2.05) is 24.3 Å². The summed E-state index contributed by atoms with van der Waals surface area (Å²) in [5.41, 5.74) is 6.28. The summed E-state index contributed by atoms with van der Waals surface area (Å²) >= 11 is 0. The summed E-state index contributed by atoms with van der Waals surface area (Å²) < 4.78 is 5.32. The van der Waals surface area contributed by atoms with Gasteiger partial charge >= 0.3 is 6.03 Å². The van der Waals surface area contributed by atoms with Crippen LogP contribution in [0.1, 0.15) is 0 Å². The number of methoxy groups -OCH3 is 1. The van der Waals surface area contributed by atoms with Crippen molar-refractivity contribution in [2.24, 2.45) is 5.73 Å². The smallest absolute Gasteiger partial charge is 0.419 e. The van der Waals surface area contributed by atoms with Crippen LogP contribution < -0.4 is 15.0 Å². The maximum Gasteiger partial charge on any atom is 0.419 e. The highest BCUT2D eigenvalue weighted by atomic mass is 16.5. The van der Waals surface area contributed by atoms with Gasteiger partial charge in [-0.15, -0.1) is 0 Å². The van der Waals surface area contributed by atoms with Gasteiger partial charge in [-0.2, -0.15) is 4.48 Å². The van der Waals surface area contributed by atoms with E-state index < -0.39 is 0 Å². The molecule has 0 radical (unpaired) electrons. The molecule has 1 fully saturated rings. The molecule has 0 aliphatic carbocycles. The number of hydrogen-bond donors (Lipinski definition) is 1. The molecule has 2 rings (SSSR count). The lowest BCUT2D eigenvalue weighted by Crippen LogP contribution is -2.39. The van der Waals surface area contributed by atoms with E-state index in [4.69, 9.17) is 10.5 Å². The molecule has 0 spiro atoms. The molecule has 0 bridgehead atoms. The van der Waals surface area contributed by atoms with Crippen LogP contribution >= 0.6 is 0 Å². The van der Waals surface area contributed by atoms with Crippen LogP contribution in [0.25, 0.3) is 0 Å². The third-order valence-electron chi connectivity index (χ3n) is 2.66. The molecule has 1 aliphatic rings. The summed E-state index contributed by atoms with van der Waals surface area (Å²) in [6.45, 7) is 1.61. The van der Waals surface area contributed by atoms with Crippen molar-refractivity contribution in [3.8, 4) is 5.75 Å². The number of quaternary nitrogens is 1. The lowest BCUT2D eigenvalue weighted by Gasteiger charge is -2.11. The van der Waals surface area contributed by atoms with Crippen molar-refractivity contribution in [1.29, 1.82) is 0 Å². The Labute approximate surface area is 82.5 Å². The molecule has 14 heavy (non-hydrogen) atoms. The van der Waals surface area contributed by atoms with Crippen LogP contribution in [0.4, 0.5) is 10.5 Å².